The molecule has 0 amide bonds. The third-order valence-corrected chi connectivity index (χ3v) is 10.9. The molecule has 0 aromatic heterocycles. The number of unbranched alkanes of at least 4 members (excludes halogenated alkanes) is 24. The Morgan fingerprint density at radius 2 is 0.735 bits per heavy atom. The summed E-state index contributed by atoms with van der Waals surface area (Å²) in [6, 6.07) is 0. The number of hydrogen-bond donors (Lipinski definition) is 1. The van der Waals surface area contributed by atoms with Crippen LogP contribution in [0.15, 0.2) is 24.3 Å². The summed E-state index contributed by atoms with van der Waals surface area (Å²) in [6.07, 6.45) is 47.8. The number of piperazine rings is 1. The van der Waals surface area contributed by atoms with E-state index in [9.17, 15) is 0 Å². The number of nitrogens with zero attached hydrogens (tertiary/aromatic N) is 1. The molecule has 0 spiro atoms. The van der Waals surface area contributed by atoms with Gasteiger partial charge in [-0.3, -0.25) is 4.48 Å². The maximum Gasteiger partial charge on any atom is 0.192 e. The van der Waals surface area contributed by atoms with Crippen LogP contribution < -0.4 is 22.3 Å². The molecule has 4 nitrogen and oxygen atoms in total. The van der Waals surface area contributed by atoms with Gasteiger partial charge in [-0.2, -0.15) is 0 Å². The predicted molar refractivity (Wildman–Crippen MR) is 213 cm³/mol. The van der Waals surface area contributed by atoms with Crippen LogP contribution >= 0.6 is 0 Å². The van der Waals surface area contributed by atoms with Crippen molar-refractivity contribution >= 4 is 0 Å². The van der Waals surface area contributed by atoms with Crippen LogP contribution in [0.4, 0.5) is 0 Å². The molecule has 0 aliphatic carbocycles. The molecule has 2 unspecified atom stereocenters. The lowest BCUT2D eigenvalue weighted by molar-refractivity contribution is -1.01. The minimum atomic E-state index is 0. The van der Waals surface area contributed by atoms with E-state index in [-0.39, 0.29) is 29.4 Å². The number of nitrogens with one attached hydrogen (secondary N) is 1. The molecule has 0 aromatic rings. The maximum absolute atomic E-state index is 6.51. The van der Waals surface area contributed by atoms with Crippen LogP contribution in [0.5, 0.6) is 0 Å². The molecule has 1 aliphatic rings. The number of ether oxygens (including phenoxy) is 2. The predicted octanol–water partition coefficient (Wildman–Crippen LogP) is 10.2. The largest absolute Gasteiger partial charge is 1.00 e. The molecule has 0 aromatic carbocycles. The monoisotopic (exact) mass is 755 g/mol. The van der Waals surface area contributed by atoms with Gasteiger partial charge in [0.05, 0.1) is 26.3 Å². The van der Waals surface area contributed by atoms with E-state index in [1.807, 2.05) is 0 Å². The van der Waals surface area contributed by atoms with E-state index in [0.29, 0.717) is 0 Å². The molecule has 292 valence electrons. The van der Waals surface area contributed by atoms with E-state index in [4.69, 9.17) is 9.47 Å². The highest BCUT2D eigenvalue weighted by atomic mass is 79.9. The second-order valence-corrected chi connectivity index (χ2v) is 15.1. The maximum atomic E-state index is 6.51. The summed E-state index contributed by atoms with van der Waals surface area (Å²) in [5.74, 6) is 0. The van der Waals surface area contributed by atoms with E-state index in [0.717, 1.165) is 43.9 Å². The summed E-state index contributed by atoms with van der Waals surface area (Å²) >= 11 is 0. The van der Waals surface area contributed by atoms with Crippen molar-refractivity contribution in [3.63, 3.8) is 0 Å². The molecule has 1 fully saturated rings. The zero-order chi connectivity index (χ0) is 34.6. The molecular weight excluding hydrogens is 668 g/mol. The first kappa shape index (κ1) is 48.8. The molecule has 0 radical (unpaired) electrons. The number of allylic oxidation sites excluding steroid dienone is 4. The fraction of sp³-hybridized carbons (Fsp3) is 0.909. The van der Waals surface area contributed by atoms with Gasteiger partial charge >= 0.3 is 0 Å². The molecule has 2 atom stereocenters. The van der Waals surface area contributed by atoms with Crippen LogP contribution in [0.2, 0.25) is 0 Å². The number of rotatable bonds is 36. The van der Waals surface area contributed by atoms with Gasteiger partial charge in [-0.1, -0.05) is 154 Å². The SMILES string of the molecule is CCCCCCCC/C=C\CCCCCCCCOC(C)[N+]1(C(C)OCCCCCCCC/C=C\CCCCCCCC)CCNCC1.[Br-]. The zero-order valence-electron chi connectivity index (χ0n) is 33.6. The Labute approximate surface area is 318 Å². The average molecular weight is 756 g/mol. The standard InChI is InChI=1S/C44H87N2O2.BrH/c1-5-7-9-11-13-15-17-19-21-23-25-27-29-31-33-35-41-47-43(3)46(39-37-45-38-40-46)44(4)48-42-36-34-32-30-28-26-24-22-20-18-16-14-12-10-8-6-2;/h19-22,43-45H,5-18,23-42H2,1-4H3;1H/q+1;/p-1/b21-19-,22-20-;. The molecule has 1 saturated heterocycles. The topological polar surface area (TPSA) is 30.5 Å². The lowest BCUT2D eigenvalue weighted by atomic mass is 10.1. The van der Waals surface area contributed by atoms with Crippen LogP contribution in [0, 0.1) is 0 Å². The third-order valence-electron chi connectivity index (χ3n) is 10.9. The van der Waals surface area contributed by atoms with E-state index in [2.05, 4.69) is 57.3 Å². The van der Waals surface area contributed by atoms with E-state index >= 15 is 0 Å². The molecule has 1 N–H and O–H groups in total. The van der Waals surface area contributed by atoms with Gasteiger partial charge in [0.15, 0.2) is 12.5 Å². The average Bonchev–Trinajstić information content (AvgIpc) is 3.11. The number of hydrogen-bond acceptors (Lipinski definition) is 3. The summed E-state index contributed by atoms with van der Waals surface area (Å²) in [7, 11) is 0. The Kier molecular flexibility index (Phi) is 37.4. The highest BCUT2D eigenvalue weighted by Gasteiger charge is 2.41. The van der Waals surface area contributed by atoms with Crippen LogP contribution in [-0.2, 0) is 9.47 Å². The summed E-state index contributed by atoms with van der Waals surface area (Å²) < 4.78 is 14.0. The van der Waals surface area contributed by atoms with Crippen molar-refractivity contribution in [1.29, 1.82) is 0 Å². The first-order valence-corrected chi connectivity index (χ1v) is 21.8. The van der Waals surface area contributed by atoms with Crippen LogP contribution in [0.25, 0.3) is 0 Å². The van der Waals surface area contributed by atoms with Gasteiger partial charge in [0.2, 0.25) is 0 Å². The van der Waals surface area contributed by atoms with Crippen molar-refractivity contribution < 1.29 is 30.9 Å². The fourth-order valence-electron chi connectivity index (χ4n) is 7.34. The molecule has 1 heterocycles. The number of quaternary nitrogens is 1. The van der Waals surface area contributed by atoms with Gasteiger partial charge < -0.3 is 31.8 Å². The van der Waals surface area contributed by atoms with Crippen molar-refractivity contribution in [1.82, 2.24) is 5.32 Å². The second kappa shape index (κ2) is 37.6. The van der Waals surface area contributed by atoms with Crippen LogP contribution in [0.3, 0.4) is 0 Å². The van der Waals surface area contributed by atoms with Gasteiger partial charge in [0.1, 0.15) is 0 Å². The molecular formula is C44H87BrN2O2. The van der Waals surface area contributed by atoms with Crippen molar-refractivity contribution in [2.45, 2.75) is 220 Å². The molecule has 5 heteroatoms. The van der Waals surface area contributed by atoms with E-state index < -0.39 is 0 Å². The second-order valence-electron chi connectivity index (χ2n) is 15.1. The van der Waals surface area contributed by atoms with E-state index in [1.54, 1.807) is 0 Å². The molecule has 0 saturated carbocycles. The summed E-state index contributed by atoms with van der Waals surface area (Å²) in [5.41, 5.74) is 0. The molecule has 49 heavy (non-hydrogen) atoms. The summed E-state index contributed by atoms with van der Waals surface area (Å²) in [4.78, 5) is 0. The Balaban J connectivity index is 0.0000230. The van der Waals surface area contributed by atoms with Crippen molar-refractivity contribution in [2.24, 2.45) is 0 Å². The molecule has 1 aliphatic heterocycles. The van der Waals surface area contributed by atoms with Gasteiger partial charge in [-0.05, 0) is 64.2 Å². The number of halogens is 1. The molecule has 1 rings (SSSR count). The Hall–Kier alpha value is -0.200. The minimum Gasteiger partial charge on any atom is -1.00 e. The minimum absolute atomic E-state index is 0. The highest BCUT2D eigenvalue weighted by molar-refractivity contribution is 4.82. The Bertz CT molecular complexity index is 657. The van der Waals surface area contributed by atoms with Gasteiger partial charge in [0, 0.05) is 26.9 Å². The lowest BCUT2D eigenvalue weighted by Crippen LogP contribution is -3.00. The van der Waals surface area contributed by atoms with Crippen LogP contribution in [0.1, 0.15) is 207 Å². The van der Waals surface area contributed by atoms with Gasteiger partial charge in [-0.15, -0.1) is 0 Å². The van der Waals surface area contributed by atoms with E-state index in [1.165, 1.54) is 180 Å². The normalized spacial score (nSPS) is 16.0. The zero-order valence-corrected chi connectivity index (χ0v) is 35.2. The van der Waals surface area contributed by atoms with Crippen molar-refractivity contribution in [3.8, 4) is 0 Å². The highest BCUT2D eigenvalue weighted by Crippen LogP contribution is 2.24. The van der Waals surface area contributed by atoms with Crippen molar-refractivity contribution in [3.05, 3.63) is 24.3 Å². The van der Waals surface area contributed by atoms with Gasteiger partial charge in [-0.25, -0.2) is 0 Å². The Morgan fingerprint density at radius 3 is 1.06 bits per heavy atom. The molecule has 0 bridgehead atoms. The smallest absolute Gasteiger partial charge is 0.192 e. The summed E-state index contributed by atoms with van der Waals surface area (Å²) in [6.45, 7) is 15.3. The third kappa shape index (κ3) is 28.0. The van der Waals surface area contributed by atoms with Crippen LogP contribution in [-0.4, -0.2) is 56.3 Å². The van der Waals surface area contributed by atoms with Gasteiger partial charge in [0.25, 0.3) is 0 Å². The Morgan fingerprint density at radius 1 is 0.449 bits per heavy atom. The van der Waals surface area contributed by atoms with Crippen molar-refractivity contribution in [2.75, 3.05) is 39.4 Å². The fourth-order valence-corrected chi connectivity index (χ4v) is 7.34. The quantitative estimate of drug-likeness (QED) is 0.0393. The first-order valence-electron chi connectivity index (χ1n) is 21.8. The first-order chi connectivity index (χ1) is 23.7. The lowest BCUT2D eigenvalue weighted by Gasteiger charge is -2.48. The summed E-state index contributed by atoms with van der Waals surface area (Å²) in [5, 5.41) is 3.57.